The first-order valence-electron chi connectivity index (χ1n) is 3.94. The van der Waals surface area contributed by atoms with Crippen LogP contribution in [0.4, 0.5) is 5.95 Å². The van der Waals surface area contributed by atoms with Crippen LogP contribution in [-0.2, 0) is 6.42 Å². The summed E-state index contributed by atoms with van der Waals surface area (Å²) in [4.78, 5) is 17.8. The van der Waals surface area contributed by atoms with Gasteiger partial charge in [0.15, 0.2) is 6.19 Å². The summed E-state index contributed by atoms with van der Waals surface area (Å²) >= 11 is 0. The highest BCUT2D eigenvalue weighted by molar-refractivity contribution is 5.32. The zero-order valence-corrected chi connectivity index (χ0v) is 7.51. The van der Waals surface area contributed by atoms with Crippen molar-refractivity contribution in [3.8, 4) is 6.19 Å². The number of aryl methyl sites for hydroxylation is 1. The van der Waals surface area contributed by atoms with E-state index in [0.29, 0.717) is 17.7 Å². The number of rotatable bonds is 2. The average molecular weight is 178 g/mol. The first kappa shape index (κ1) is 9.26. The summed E-state index contributed by atoms with van der Waals surface area (Å²) in [6.45, 7) is 3.63. The van der Waals surface area contributed by atoms with Crippen LogP contribution in [0.2, 0.25) is 0 Å². The predicted molar refractivity (Wildman–Crippen MR) is 48.2 cm³/mol. The van der Waals surface area contributed by atoms with E-state index in [0.717, 1.165) is 0 Å². The van der Waals surface area contributed by atoms with Crippen molar-refractivity contribution in [1.82, 2.24) is 9.97 Å². The smallest absolute Gasteiger partial charge is 0.255 e. The van der Waals surface area contributed by atoms with Gasteiger partial charge in [0, 0.05) is 11.3 Å². The highest BCUT2D eigenvalue weighted by Gasteiger charge is 2.04. The van der Waals surface area contributed by atoms with Gasteiger partial charge in [-0.15, -0.1) is 0 Å². The molecule has 5 heteroatoms. The molecule has 0 aromatic carbocycles. The van der Waals surface area contributed by atoms with E-state index in [1.54, 1.807) is 13.1 Å². The normalized spacial score (nSPS) is 9.31. The molecule has 0 saturated heterocycles. The van der Waals surface area contributed by atoms with Gasteiger partial charge in [-0.25, -0.2) is 4.98 Å². The summed E-state index contributed by atoms with van der Waals surface area (Å²) < 4.78 is 0. The number of aromatic nitrogens is 2. The first-order chi connectivity index (χ1) is 6.19. The van der Waals surface area contributed by atoms with E-state index in [9.17, 15) is 4.79 Å². The summed E-state index contributed by atoms with van der Waals surface area (Å²) in [6.07, 6.45) is 2.33. The lowest BCUT2D eigenvalue weighted by atomic mass is 10.2. The second-order valence-corrected chi connectivity index (χ2v) is 2.57. The second kappa shape index (κ2) is 3.72. The van der Waals surface area contributed by atoms with Crippen LogP contribution in [0.3, 0.4) is 0 Å². The topological polar surface area (TPSA) is 81.6 Å². The Balaban J connectivity index is 3.22. The lowest BCUT2D eigenvalue weighted by molar-refractivity contribution is 0.967. The molecule has 0 amide bonds. The molecule has 2 N–H and O–H groups in total. The number of nitrogens with one attached hydrogen (secondary N) is 2. The summed E-state index contributed by atoms with van der Waals surface area (Å²) in [7, 11) is 0. The van der Waals surface area contributed by atoms with Crippen LogP contribution in [0.15, 0.2) is 4.79 Å². The van der Waals surface area contributed by atoms with Gasteiger partial charge < -0.3 is 0 Å². The highest BCUT2D eigenvalue weighted by atomic mass is 16.1. The quantitative estimate of drug-likeness (QED) is 0.511. The van der Waals surface area contributed by atoms with E-state index >= 15 is 0 Å². The van der Waals surface area contributed by atoms with E-state index < -0.39 is 0 Å². The van der Waals surface area contributed by atoms with Gasteiger partial charge in [0.05, 0.1) is 0 Å². The van der Waals surface area contributed by atoms with E-state index in [1.807, 2.05) is 6.92 Å². The monoisotopic (exact) mass is 178 g/mol. The zero-order chi connectivity index (χ0) is 9.84. The Morgan fingerprint density at radius 1 is 1.69 bits per heavy atom. The van der Waals surface area contributed by atoms with E-state index in [1.165, 1.54) is 0 Å². The molecule has 1 aromatic heterocycles. The standard InChI is InChI=1S/C8H10N4O/c1-3-6-5(2)11-8(10-4-9)12-7(6)13/h3H2,1-2H3,(H2,10,11,12,13). The summed E-state index contributed by atoms with van der Waals surface area (Å²) in [6, 6.07) is 0. The average Bonchev–Trinajstić information content (AvgIpc) is 2.04. The molecule has 0 bridgehead atoms. The highest BCUT2D eigenvalue weighted by Crippen LogP contribution is 2.01. The summed E-state index contributed by atoms with van der Waals surface area (Å²) in [5.41, 5.74) is 1.13. The van der Waals surface area contributed by atoms with Crippen LogP contribution in [0.5, 0.6) is 0 Å². The Hall–Kier alpha value is -1.83. The Kier molecular flexibility index (Phi) is 2.65. The first-order valence-corrected chi connectivity index (χ1v) is 3.94. The number of hydrogen-bond donors (Lipinski definition) is 2. The van der Waals surface area contributed by atoms with Gasteiger partial charge in [-0.2, -0.15) is 5.26 Å². The fourth-order valence-electron chi connectivity index (χ4n) is 1.14. The van der Waals surface area contributed by atoms with E-state index in [2.05, 4.69) is 15.3 Å². The Morgan fingerprint density at radius 2 is 2.38 bits per heavy atom. The number of hydrogen-bond acceptors (Lipinski definition) is 4. The van der Waals surface area contributed by atoms with Crippen molar-refractivity contribution >= 4 is 5.95 Å². The molecule has 1 aromatic rings. The van der Waals surface area contributed by atoms with Gasteiger partial charge in [-0.3, -0.25) is 15.1 Å². The molecule has 0 aliphatic carbocycles. The van der Waals surface area contributed by atoms with Gasteiger partial charge in [0.1, 0.15) is 0 Å². The maximum absolute atomic E-state index is 11.3. The van der Waals surface area contributed by atoms with Crippen molar-refractivity contribution in [2.24, 2.45) is 0 Å². The second-order valence-electron chi connectivity index (χ2n) is 2.57. The maximum Gasteiger partial charge on any atom is 0.255 e. The molecular weight excluding hydrogens is 168 g/mol. The van der Waals surface area contributed by atoms with Crippen molar-refractivity contribution in [2.45, 2.75) is 20.3 Å². The van der Waals surface area contributed by atoms with Gasteiger partial charge in [-0.1, -0.05) is 6.92 Å². The maximum atomic E-state index is 11.3. The molecule has 13 heavy (non-hydrogen) atoms. The molecule has 1 rings (SSSR count). The number of nitriles is 1. The molecule has 0 atom stereocenters. The minimum Gasteiger partial charge on any atom is -0.292 e. The minimum atomic E-state index is -0.187. The van der Waals surface area contributed by atoms with Crippen LogP contribution in [-0.4, -0.2) is 9.97 Å². The Morgan fingerprint density at radius 3 is 2.85 bits per heavy atom. The van der Waals surface area contributed by atoms with Crippen LogP contribution >= 0.6 is 0 Å². The van der Waals surface area contributed by atoms with Gasteiger partial charge in [-0.05, 0) is 13.3 Å². The minimum absolute atomic E-state index is 0.187. The number of aromatic amines is 1. The van der Waals surface area contributed by atoms with Crippen LogP contribution < -0.4 is 10.9 Å². The lowest BCUT2D eigenvalue weighted by Gasteiger charge is -2.02. The fraction of sp³-hybridized carbons (Fsp3) is 0.375. The lowest BCUT2D eigenvalue weighted by Crippen LogP contribution is -2.17. The van der Waals surface area contributed by atoms with Gasteiger partial charge >= 0.3 is 0 Å². The van der Waals surface area contributed by atoms with E-state index in [-0.39, 0.29) is 11.5 Å². The van der Waals surface area contributed by atoms with Crippen molar-refractivity contribution < 1.29 is 0 Å². The molecule has 0 aliphatic heterocycles. The van der Waals surface area contributed by atoms with Crippen molar-refractivity contribution in [3.05, 3.63) is 21.6 Å². The van der Waals surface area contributed by atoms with Crippen molar-refractivity contribution in [2.75, 3.05) is 5.32 Å². The number of anilines is 1. The molecule has 5 nitrogen and oxygen atoms in total. The fourth-order valence-corrected chi connectivity index (χ4v) is 1.14. The number of H-pyrrole nitrogens is 1. The molecular formula is C8H10N4O. The molecule has 0 saturated carbocycles. The van der Waals surface area contributed by atoms with Gasteiger partial charge in [0.2, 0.25) is 5.95 Å². The summed E-state index contributed by atoms with van der Waals surface area (Å²) in [5.74, 6) is 0.196. The summed E-state index contributed by atoms with van der Waals surface area (Å²) in [5, 5.41) is 10.6. The van der Waals surface area contributed by atoms with Gasteiger partial charge in [0.25, 0.3) is 5.56 Å². The predicted octanol–water partition coefficient (Wildman–Crippen LogP) is 0.534. The third-order valence-electron chi connectivity index (χ3n) is 1.75. The molecule has 0 aliphatic rings. The Bertz CT molecular complexity index is 402. The van der Waals surface area contributed by atoms with E-state index in [4.69, 9.17) is 5.26 Å². The Labute approximate surface area is 75.4 Å². The largest absolute Gasteiger partial charge is 0.292 e. The van der Waals surface area contributed by atoms with Crippen LogP contribution in [0.25, 0.3) is 0 Å². The number of nitrogens with zero attached hydrogens (tertiary/aromatic N) is 2. The van der Waals surface area contributed by atoms with Crippen LogP contribution in [0.1, 0.15) is 18.2 Å². The molecule has 0 radical (unpaired) electrons. The van der Waals surface area contributed by atoms with Crippen molar-refractivity contribution in [1.29, 1.82) is 5.26 Å². The molecule has 68 valence electrons. The zero-order valence-electron chi connectivity index (χ0n) is 7.51. The third-order valence-corrected chi connectivity index (χ3v) is 1.75. The SMILES string of the molecule is CCc1c(C)nc(NC#N)[nH]c1=O. The van der Waals surface area contributed by atoms with Crippen molar-refractivity contribution in [3.63, 3.8) is 0 Å². The molecule has 0 fully saturated rings. The van der Waals surface area contributed by atoms with Crippen LogP contribution in [0, 0.1) is 18.4 Å². The molecule has 1 heterocycles. The third kappa shape index (κ3) is 1.85. The molecule has 0 unspecified atom stereocenters. The molecule has 0 spiro atoms.